The van der Waals surface area contributed by atoms with Crippen molar-refractivity contribution in [1.29, 1.82) is 0 Å². The summed E-state index contributed by atoms with van der Waals surface area (Å²) in [6.45, 7) is 9.17. The average molecular weight is 203 g/mol. The second kappa shape index (κ2) is 7.69. The summed E-state index contributed by atoms with van der Waals surface area (Å²) in [5, 5.41) is 4.22. The fourth-order valence-corrected chi connectivity index (χ4v) is 2.47. The minimum atomic E-state index is 0.684. The van der Waals surface area contributed by atoms with E-state index in [1.807, 2.05) is 0 Å². The Bertz CT molecular complexity index is 117. The highest BCUT2D eigenvalue weighted by atomic mass is 32.2. The highest BCUT2D eigenvalue weighted by Crippen LogP contribution is 2.18. The van der Waals surface area contributed by atoms with E-state index >= 15 is 0 Å². The van der Waals surface area contributed by atoms with Gasteiger partial charge >= 0.3 is 0 Å². The molecule has 3 atom stereocenters. The van der Waals surface area contributed by atoms with Crippen LogP contribution in [0.3, 0.4) is 0 Å². The van der Waals surface area contributed by atoms with E-state index in [2.05, 4.69) is 51.8 Å². The summed E-state index contributed by atoms with van der Waals surface area (Å²) >= 11 is 2.09. The summed E-state index contributed by atoms with van der Waals surface area (Å²) in [6.07, 6.45) is 2.55. The SMILES string of the molecule is CCC(C)SCC(NC)C(C)CC. The van der Waals surface area contributed by atoms with Gasteiger partial charge in [-0.2, -0.15) is 11.8 Å². The molecular weight excluding hydrogens is 178 g/mol. The van der Waals surface area contributed by atoms with Crippen LogP contribution in [0.15, 0.2) is 0 Å². The third kappa shape index (κ3) is 5.58. The van der Waals surface area contributed by atoms with E-state index in [1.54, 1.807) is 0 Å². The maximum atomic E-state index is 3.41. The molecule has 0 heterocycles. The van der Waals surface area contributed by atoms with Gasteiger partial charge in [-0.3, -0.25) is 0 Å². The van der Waals surface area contributed by atoms with Crippen LogP contribution in [0.5, 0.6) is 0 Å². The Morgan fingerprint density at radius 3 is 2.15 bits per heavy atom. The molecule has 0 aliphatic carbocycles. The van der Waals surface area contributed by atoms with Crippen molar-refractivity contribution in [2.24, 2.45) is 5.92 Å². The first kappa shape index (κ1) is 13.3. The Hall–Kier alpha value is 0.310. The van der Waals surface area contributed by atoms with Crippen LogP contribution in [-0.4, -0.2) is 24.1 Å². The van der Waals surface area contributed by atoms with E-state index in [9.17, 15) is 0 Å². The van der Waals surface area contributed by atoms with Crippen molar-refractivity contribution in [2.45, 2.75) is 51.8 Å². The first-order valence-electron chi connectivity index (χ1n) is 5.44. The quantitative estimate of drug-likeness (QED) is 0.682. The third-order valence-electron chi connectivity index (χ3n) is 2.84. The Kier molecular flexibility index (Phi) is 7.87. The topological polar surface area (TPSA) is 12.0 Å². The molecule has 0 spiro atoms. The average Bonchev–Trinajstić information content (AvgIpc) is 2.17. The van der Waals surface area contributed by atoms with Crippen molar-refractivity contribution in [3.8, 4) is 0 Å². The molecule has 0 aromatic rings. The minimum absolute atomic E-state index is 0.684. The van der Waals surface area contributed by atoms with E-state index in [4.69, 9.17) is 0 Å². The van der Waals surface area contributed by atoms with Crippen molar-refractivity contribution >= 4 is 11.8 Å². The first-order chi connectivity index (χ1) is 6.15. The molecule has 0 rings (SSSR count). The highest BCUT2D eigenvalue weighted by Gasteiger charge is 2.14. The Labute approximate surface area is 88.1 Å². The molecule has 1 nitrogen and oxygen atoms in total. The van der Waals surface area contributed by atoms with Gasteiger partial charge in [-0.15, -0.1) is 0 Å². The van der Waals surface area contributed by atoms with Gasteiger partial charge in [-0.25, -0.2) is 0 Å². The van der Waals surface area contributed by atoms with Crippen molar-refractivity contribution in [2.75, 3.05) is 12.8 Å². The molecule has 0 fully saturated rings. The second-order valence-electron chi connectivity index (χ2n) is 3.83. The zero-order valence-electron chi connectivity index (χ0n) is 9.76. The van der Waals surface area contributed by atoms with E-state index in [0.717, 1.165) is 11.2 Å². The van der Waals surface area contributed by atoms with Gasteiger partial charge in [0.05, 0.1) is 0 Å². The summed E-state index contributed by atoms with van der Waals surface area (Å²) in [5.41, 5.74) is 0. The van der Waals surface area contributed by atoms with Crippen LogP contribution < -0.4 is 5.32 Å². The van der Waals surface area contributed by atoms with Gasteiger partial charge in [0, 0.05) is 17.0 Å². The summed E-state index contributed by atoms with van der Waals surface area (Å²) in [6, 6.07) is 0.684. The van der Waals surface area contributed by atoms with Crippen molar-refractivity contribution in [3.63, 3.8) is 0 Å². The molecule has 0 aromatic heterocycles. The smallest absolute Gasteiger partial charge is 0.0180 e. The van der Waals surface area contributed by atoms with Gasteiger partial charge in [0.15, 0.2) is 0 Å². The molecule has 0 bridgehead atoms. The van der Waals surface area contributed by atoms with Gasteiger partial charge in [-0.1, -0.05) is 34.1 Å². The molecule has 0 saturated heterocycles. The molecule has 0 amide bonds. The maximum absolute atomic E-state index is 3.41. The van der Waals surface area contributed by atoms with Crippen LogP contribution in [-0.2, 0) is 0 Å². The van der Waals surface area contributed by atoms with Gasteiger partial charge in [0.1, 0.15) is 0 Å². The summed E-state index contributed by atoms with van der Waals surface area (Å²) in [4.78, 5) is 0. The molecule has 13 heavy (non-hydrogen) atoms. The first-order valence-corrected chi connectivity index (χ1v) is 6.49. The number of thioether (sulfide) groups is 1. The molecule has 0 aliphatic rings. The molecule has 0 aliphatic heterocycles. The standard InChI is InChI=1S/C11H25NS/c1-6-9(3)11(12-5)8-13-10(4)7-2/h9-12H,6-8H2,1-5H3. The number of rotatable bonds is 7. The van der Waals surface area contributed by atoms with E-state index < -0.39 is 0 Å². The van der Waals surface area contributed by atoms with Crippen molar-refractivity contribution < 1.29 is 0 Å². The van der Waals surface area contributed by atoms with Gasteiger partial charge in [0.25, 0.3) is 0 Å². The normalized spacial score (nSPS) is 18.2. The van der Waals surface area contributed by atoms with Crippen molar-refractivity contribution in [3.05, 3.63) is 0 Å². The van der Waals surface area contributed by atoms with Crippen LogP contribution >= 0.6 is 11.8 Å². The lowest BCUT2D eigenvalue weighted by atomic mass is 10.0. The molecule has 2 heteroatoms. The Morgan fingerprint density at radius 2 is 1.77 bits per heavy atom. The molecule has 3 unspecified atom stereocenters. The zero-order valence-corrected chi connectivity index (χ0v) is 10.6. The zero-order chi connectivity index (χ0) is 10.3. The van der Waals surface area contributed by atoms with Crippen LogP contribution in [0.4, 0.5) is 0 Å². The van der Waals surface area contributed by atoms with E-state index in [0.29, 0.717) is 6.04 Å². The maximum Gasteiger partial charge on any atom is 0.0180 e. The van der Waals surface area contributed by atoms with E-state index in [1.165, 1.54) is 18.6 Å². The molecule has 0 aromatic carbocycles. The number of hydrogen-bond acceptors (Lipinski definition) is 2. The van der Waals surface area contributed by atoms with Crippen molar-refractivity contribution in [1.82, 2.24) is 5.32 Å². The lowest BCUT2D eigenvalue weighted by Gasteiger charge is -2.23. The molecular formula is C11H25NS. The molecule has 1 N–H and O–H groups in total. The predicted octanol–water partition coefficient (Wildman–Crippen LogP) is 3.15. The second-order valence-corrected chi connectivity index (χ2v) is 5.30. The summed E-state index contributed by atoms with van der Waals surface area (Å²) in [7, 11) is 2.08. The van der Waals surface area contributed by atoms with Crippen LogP contribution in [0.25, 0.3) is 0 Å². The fraction of sp³-hybridized carbons (Fsp3) is 1.00. The van der Waals surface area contributed by atoms with Gasteiger partial charge in [-0.05, 0) is 19.4 Å². The summed E-state index contributed by atoms with van der Waals surface area (Å²) < 4.78 is 0. The highest BCUT2D eigenvalue weighted by molar-refractivity contribution is 7.99. The van der Waals surface area contributed by atoms with E-state index in [-0.39, 0.29) is 0 Å². The lowest BCUT2D eigenvalue weighted by Crippen LogP contribution is -2.34. The molecule has 80 valence electrons. The van der Waals surface area contributed by atoms with Crippen LogP contribution in [0.2, 0.25) is 0 Å². The summed E-state index contributed by atoms with van der Waals surface area (Å²) in [5.74, 6) is 2.04. The number of nitrogens with one attached hydrogen (secondary N) is 1. The molecule has 0 radical (unpaired) electrons. The monoisotopic (exact) mass is 203 g/mol. The third-order valence-corrected chi connectivity index (χ3v) is 4.29. The largest absolute Gasteiger partial charge is 0.316 e. The molecule has 0 saturated carbocycles. The lowest BCUT2D eigenvalue weighted by molar-refractivity contribution is 0.420. The Balaban J connectivity index is 3.71. The van der Waals surface area contributed by atoms with Crippen LogP contribution in [0, 0.1) is 5.92 Å². The van der Waals surface area contributed by atoms with Crippen LogP contribution in [0.1, 0.15) is 40.5 Å². The Morgan fingerprint density at radius 1 is 1.15 bits per heavy atom. The fourth-order valence-electron chi connectivity index (χ4n) is 1.20. The predicted molar refractivity (Wildman–Crippen MR) is 64.5 cm³/mol. The van der Waals surface area contributed by atoms with Gasteiger partial charge < -0.3 is 5.32 Å². The minimum Gasteiger partial charge on any atom is -0.316 e. The van der Waals surface area contributed by atoms with Gasteiger partial charge in [0.2, 0.25) is 0 Å². The number of hydrogen-bond donors (Lipinski definition) is 1.